The molecule has 4 atom stereocenters. The van der Waals surface area contributed by atoms with Crippen molar-refractivity contribution in [3.05, 3.63) is 29.3 Å². The van der Waals surface area contributed by atoms with E-state index < -0.39 is 6.10 Å². The lowest BCUT2D eigenvalue weighted by Gasteiger charge is -2.23. The highest BCUT2D eigenvalue weighted by molar-refractivity contribution is 5.38. The van der Waals surface area contributed by atoms with Gasteiger partial charge in [-0.2, -0.15) is 0 Å². The molecule has 0 aliphatic heterocycles. The lowest BCUT2D eigenvalue weighted by molar-refractivity contribution is 0.166. The van der Waals surface area contributed by atoms with Gasteiger partial charge in [-0.1, -0.05) is 18.1 Å². The zero-order valence-electron chi connectivity index (χ0n) is 13.1. The number of aryl methyl sites for hydroxylation is 1. The highest BCUT2D eigenvalue weighted by Gasteiger charge is 2.38. The van der Waals surface area contributed by atoms with Crippen LogP contribution in [-0.4, -0.2) is 25.3 Å². The summed E-state index contributed by atoms with van der Waals surface area (Å²) in [5, 5.41) is 13.9. The summed E-state index contributed by atoms with van der Waals surface area (Å²) >= 11 is 0. The molecule has 3 heteroatoms. The maximum atomic E-state index is 10.4. The molecule has 3 rings (SSSR count). The summed E-state index contributed by atoms with van der Waals surface area (Å²) in [7, 11) is 1.66. The number of benzene rings is 1. The molecular weight excluding hydrogens is 262 g/mol. The summed E-state index contributed by atoms with van der Waals surface area (Å²) in [6, 6.07) is 5.96. The number of ether oxygens (including phenoxy) is 1. The van der Waals surface area contributed by atoms with E-state index in [4.69, 9.17) is 4.74 Å². The highest BCUT2D eigenvalue weighted by Crippen LogP contribution is 2.47. The van der Waals surface area contributed by atoms with E-state index in [1.54, 1.807) is 7.11 Å². The molecule has 2 saturated carbocycles. The van der Waals surface area contributed by atoms with Crippen molar-refractivity contribution in [2.24, 2.45) is 17.8 Å². The third-order valence-electron chi connectivity index (χ3n) is 5.37. The smallest absolute Gasteiger partial charge is 0.124 e. The van der Waals surface area contributed by atoms with Crippen LogP contribution in [0.5, 0.6) is 5.75 Å². The Bertz CT molecular complexity index is 488. The summed E-state index contributed by atoms with van der Waals surface area (Å²) in [4.78, 5) is 0. The van der Waals surface area contributed by atoms with Crippen LogP contribution < -0.4 is 10.1 Å². The molecule has 0 radical (unpaired) electrons. The largest absolute Gasteiger partial charge is 0.496 e. The SMILES string of the molecule is COc1ccc(C)cc1C(O)CNCC1CC2CCC1C2. The number of aliphatic hydroxyl groups excluding tert-OH is 1. The molecule has 21 heavy (non-hydrogen) atoms. The Labute approximate surface area is 127 Å². The minimum absolute atomic E-state index is 0.501. The van der Waals surface area contributed by atoms with Gasteiger partial charge in [0.25, 0.3) is 0 Å². The van der Waals surface area contributed by atoms with E-state index in [-0.39, 0.29) is 0 Å². The fraction of sp³-hybridized carbons (Fsp3) is 0.667. The number of fused-ring (bicyclic) bond motifs is 2. The maximum absolute atomic E-state index is 10.4. The highest BCUT2D eigenvalue weighted by atomic mass is 16.5. The topological polar surface area (TPSA) is 41.5 Å². The van der Waals surface area contributed by atoms with Crippen LogP contribution >= 0.6 is 0 Å². The van der Waals surface area contributed by atoms with Crippen molar-refractivity contribution in [1.29, 1.82) is 0 Å². The molecule has 2 bridgehead atoms. The molecular formula is C18H27NO2. The summed E-state index contributed by atoms with van der Waals surface area (Å²) in [5.41, 5.74) is 2.04. The zero-order valence-corrected chi connectivity index (χ0v) is 13.1. The van der Waals surface area contributed by atoms with Crippen molar-refractivity contribution in [3.63, 3.8) is 0 Å². The third kappa shape index (κ3) is 3.24. The van der Waals surface area contributed by atoms with Crippen LogP contribution in [0.2, 0.25) is 0 Å². The Balaban J connectivity index is 1.52. The number of hydrogen-bond acceptors (Lipinski definition) is 3. The van der Waals surface area contributed by atoms with E-state index in [1.807, 2.05) is 25.1 Å². The second kappa shape index (κ2) is 6.37. The molecule has 1 aromatic carbocycles. The molecule has 116 valence electrons. The summed E-state index contributed by atoms with van der Waals surface area (Å²) in [5.74, 6) is 3.53. The average molecular weight is 289 g/mol. The minimum Gasteiger partial charge on any atom is -0.496 e. The Morgan fingerprint density at radius 1 is 1.33 bits per heavy atom. The van der Waals surface area contributed by atoms with Crippen molar-refractivity contribution >= 4 is 0 Å². The fourth-order valence-electron chi connectivity index (χ4n) is 4.26. The predicted molar refractivity (Wildman–Crippen MR) is 84.5 cm³/mol. The molecule has 0 heterocycles. The van der Waals surface area contributed by atoms with Crippen LogP contribution in [0.1, 0.15) is 42.9 Å². The standard InChI is InChI=1S/C18H27NO2/c1-12-3-6-18(21-2)16(7-12)17(20)11-19-10-15-9-13-4-5-14(15)8-13/h3,6-7,13-15,17,19-20H,4-5,8-11H2,1-2H3. The Kier molecular flexibility index (Phi) is 4.51. The molecule has 3 nitrogen and oxygen atoms in total. The Morgan fingerprint density at radius 2 is 2.19 bits per heavy atom. The summed E-state index contributed by atoms with van der Waals surface area (Å²) in [6.45, 7) is 3.69. The summed E-state index contributed by atoms with van der Waals surface area (Å²) < 4.78 is 5.35. The number of nitrogens with one attached hydrogen (secondary N) is 1. The van der Waals surface area contributed by atoms with Gasteiger partial charge >= 0.3 is 0 Å². The Hall–Kier alpha value is -1.06. The molecule has 0 saturated heterocycles. The first kappa shape index (κ1) is 14.9. The maximum Gasteiger partial charge on any atom is 0.124 e. The van der Waals surface area contributed by atoms with Crippen molar-refractivity contribution in [1.82, 2.24) is 5.32 Å². The zero-order chi connectivity index (χ0) is 14.8. The number of rotatable bonds is 6. The molecule has 0 amide bonds. The van der Waals surface area contributed by atoms with Crippen molar-refractivity contribution in [2.45, 2.75) is 38.7 Å². The molecule has 2 aliphatic carbocycles. The van der Waals surface area contributed by atoms with Crippen LogP contribution in [-0.2, 0) is 0 Å². The van der Waals surface area contributed by atoms with Gasteiger partial charge < -0.3 is 15.2 Å². The molecule has 0 aromatic heterocycles. The molecule has 1 aromatic rings. The molecule has 0 spiro atoms. The van der Waals surface area contributed by atoms with Crippen LogP contribution in [0.4, 0.5) is 0 Å². The molecule has 2 N–H and O–H groups in total. The van der Waals surface area contributed by atoms with Crippen LogP contribution in [0.3, 0.4) is 0 Å². The van der Waals surface area contributed by atoms with Gasteiger partial charge in [0, 0.05) is 12.1 Å². The van der Waals surface area contributed by atoms with Gasteiger partial charge in [-0.05, 0) is 62.6 Å². The lowest BCUT2D eigenvalue weighted by Crippen LogP contribution is -2.30. The molecule has 4 unspecified atom stereocenters. The number of methoxy groups -OCH3 is 1. The van der Waals surface area contributed by atoms with Crippen LogP contribution in [0.25, 0.3) is 0 Å². The first-order valence-corrected chi connectivity index (χ1v) is 8.20. The lowest BCUT2D eigenvalue weighted by atomic mass is 9.89. The Morgan fingerprint density at radius 3 is 2.86 bits per heavy atom. The van der Waals surface area contributed by atoms with Crippen LogP contribution in [0, 0.1) is 24.7 Å². The van der Waals surface area contributed by atoms with E-state index in [0.29, 0.717) is 6.54 Å². The normalized spacial score (nSPS) is 28.8. The van der Waals surface area contributed by atoms with Gasteiger partial charge in [-0.15, -0.1) is 0 Å². The first-order chi connectivity index (χ1) is 10.2. The van der Waals surface area contributed by atoms with Gasteiger partial charge in [0.05, 0.1) is 13.2 Å². The van der Waals surface area contributed by atoms with Crippen molar-refractivity contribution in [3.8, 4) is 5.75 Å². The van der Waals surface area contributed by atoms with Crippen molar-refractivity contribution < 1.29 is 9.84 Å². The van der Waals surface area contributed by atoms with Gasteiger partial charge in [0.15, 0.2) is 0 Å². The van der Waals surface area contributed by atoms with Crippen molar-refractivity contribution in [2.75, 3.05) is 20.2 Å². The van der Waals surface area contributed by atoms with E-state index in [0.717, 1.165) is 41.2 Å². The summed E-state index contributed by atoms with van der Waals surface area (Å²) in [6.07, 6.45) is 5.20. The number of aliphatic hydroxyl groups is 1. The van der Waals surface area contributed by atoms with E-state index in [9.17, 15) is 5.11 Å². The second-order valence-corrected chi connectivity index (χ2v) is 6.85. The third-order valence-corrected chi connectivity index (χ3v) is 5.37. The monoisotopic (exact) mass is 289 g/mol. The fourth-order valence-corrected chi connectivity index (χ4v) is 4.26. The quantitative estimate of drug-likeness (QED) is 0.845. The second-order valence-electron chi connectivity index (χ2n) is 6.85. The van der Waals surface area contributed by atoms with E-state index >= 15 is 0 Å². The first-order valence-electron chi connectivity index (χ1n) is 8.20. The van der Waals surface area contributed by atoms with E-state index in [2.05, 4.69) is 5.32 Å². The number of hydrogen-bond donors (Lipinski definition) is 2. The average Bonchev–Trinajstić information content (AvgIpc) is 3.09. The molecule has 2 fully saturated rings. The van der Waals surface area contributed by atoms with Gasteiger partial charge in [-0.25, -0.2) is 0 Å². The van der Waals surface area contributed by atoms with Gasteiger partial charge in [0.1, 0.15) is 5.75 Å². The van der Waals surface area contributed by atoms with Gasteiger partial charge in [-0.3, -0.25) is 0 Å². The minimum atomic E-state index is -0.501. The molecule has 2 aliphatic rings. The van der Waals surface area contributed by atoms with E-state index in [1.165, 1.54) is 25.7 Å². The van der Waals surface area contributed by atoms with Crippen LogP contribution in [0.15, 0.2) is 18.2 Å². The predicted octanol–water partition coefficient (Wildman–Crippen LogP) is 3.06. The van der Waals surface area contributed by atoms with Gasteiger partial charge in [0.2, 0.25) is 0 Å².